The third kappa shape index (κ3) is 5.00. The molecule has 0 bridgehead atoms. The number of carbonyl (C=O) groups is 3. The summed E-state index contributed by atoms with van der Waals surface area (Å²) in [5, 5.41) is 19.5. The number of rotatable bonds is 12. The van der Waals surface area contributed by atoms with Crippen LogP contribution in [0.1, 0.15) is 51.4 Å². The average molecular weight is 373 g/mol. The SMILES string of the molecule is NCCCCC(C(=O)O)[N+]1(C(=O)[C@@H](N)CCCCN)CCC[C@H]1C(=O)O. The summed E-state index contributed by atoms with van der Waals surface area (Å²) in [7, 11) is 0. The number of carbonyl (C=O) groups excluding carboxylic acids is 1. The van der Waals surface area contributed by atoms with E-state index >= 15 is 0 Å². The van der Waals surface area contributed by atoms with Crippen LogP contribution < -0.4 is 17.2 Å². The molecule has 9 nitrogen and oxygen atoms in total. The van der Waals surface area contributed by atoms with Crippen LogP contribution in [0.4, 0.5) is 0 Å². The second-order valence-corrected chi connectivity index (χ2v) is 7.02. The first kappa shape index (κ1) is 22.5. The second kappa shape index (κ2) is 10.6. The predicted molar refractivity (Wildman–Crippen MR) is 96.0 cm³/mol. The van der Waals surface area contributed by atoms with Crippen molar-refractivity contribution >= 4 is 17.8 Å². The van der Waals surface area contributed by atoms with Gasteiger partial charge in [0.2, 0.25) is 0 Å². The zero-order chi connectivity index (χ0) is 19.7. The van der Waals surface area contributed by atoms with Gasteiger partial charge < -0.3 is 27.4 Å². The van der Waals surface area contributed by atoms with Gasteiger partial charge in [0.15, 0.2) is 12.1 Å². The van der Waals surface area contributed by atoms with E-state index in [-0.39, 0.29) is 19.4 Å². The van der Waals surface area contributed by atoms with Crippen LogP contribution in [0, 0.1) is 0 Å². The van der Waals surface area contributed by atoms with Crippen molar-refractivity contribution in [1.29, 1.82) is 0 Å². The van der Waals surface area contributed by atoms with Crippen LogP contribution in [-0.4, -0.2) is 70.3 Å². The summed E-state index contributed by atoms with van der Waals surface area (Å²) in [5.41, 5.74) is 17.0. The topological polar surface area (TPSA) is 170 Å². The zero-order valence-corrected chi connectivity index (χ0v) is 15.3. The maximum atomic E-state index is 13.2. The molecule has 150 valence electrons. The molecule has 1 aliphatic heterocycles. The van der Waals surface area contributed by atoms with Crippen molar-refractivity contribution in [3.8, 4) is 0 Å². The molecule has 0 radical (unpaired) electrons. The third-order valence-corrected chi connectivity index (χ3v) is 5.32. The van der Waals surface area contributed by atoms with Gasteiger partial charge in [-0.05, 0) is 45.2 Å². The number of unbranched alkanes of at least 4 members (excludes halogenated alkanes) is 2. The lowest BCUT2D eigenvalue weighted by atomic mass is 9.98. The fraction of sp³-hybridized carbons (Fsp3) is 0.824. The van der Waals surface area contributed by atoms with Crippen LogP contribution in [0.5, 0.6) is 0 Å². The molecule has 1 saturated heterocycles. The highest BCUT2D eigenvalue weighted by Crippen LogP contribution is 2.35. The average Bonchev–Trinajstić information content (AvgIpc) is 3.03. The maximum absolute atomic E-state index is 13.2. The number of hydrogen-bond acceptors (Lipinski definition) is 6. The highest BCUT2D eigenvalue weighted by Gasteiger charge is 2.59. The lowest BCUT2D eigenvalue weighted by molar-refractivity contribution is -0.875. The van der Waals surface area contributed by atoms with Gasteiger partial charge in [0.25, 0.3) is 0 Å². The summed E-state index contributed by atoms with van der Waals surface area (Å²) in [5.74, 6) is -2.78. The van der Waals surface area contributed by atoms with E-state index in [1.54, 1.807) is 0 Å². The van der Waals surface area contributed by atoms with E-state index in [9.17, 15) is 24.6 Å². The number of quaternary nitrogens is 1. The molecule has 0 aromatic heterocycles. The van der Waals surface area contributed by atoms with Crippen molar-refractivity contribution in [3.05, 3.63) is 0 Å². The molecule has 1 amide bonds. The number of likely N-dealkylation sites (tertiary alicyclic amines) is 1. The van der Waals surface area contributed by atoms with Crippen LogP contribution in [0.2, 0.25) is 0 Å². The molecule has 1 rings (SSSR count). The maximum Gasteiger partial charge on any atom is 0.363 e. The Hall–Kier alpha value is -1.55. The Morgan fingerprint density at radius 2 is 1.58 bits per heavy atom. The molecule has 8 N–H and O–H groups in total. The molecule has 0 aliphatic carbocycles. The van der Waals surface area contributed by atoms with Gasteiger partial charge in [-0.1, -0.05) is 0 Å². The minimum absolute atomic E-state index is 0.194. The fourth-order valence-electron chi connectivity index (χ4n) is 4.02. The smallest absolute Gasteiger partial charge is 0.363 e. The van der Waals surface area contributed by atoms with Gasteiger partial charge in [0, 0.05) is 19.3 Å². The van der Waals surface area contributed by atoms with E-state index < -0.39 is 40.5 Å². The summed E-state index contributed by atoms with van der Waals surface area (Å²) in [6.45, 7) is 1.09. The Morgan fingerprint density at radius 1 is 1.00 bits per heavy atom. The van der Waals surface area contributed by atoms with Gasteiger partial charge in [-0.2, -0.15) is 0 Å². The van der Waals surface area contributed by atoms with Crippen molar-refractivity contribution in [2.45, 2.75) is 69.5 Å². The summed E-state index contributed by atoms with van der Waals surface area (Å²) < 4.78 is -0.584. The molecule has 0 aromatic rings. The molecule has 0 spiro atoms. The van der Waals surface area contributed by atoms with Gasteiger partial charge in [0.1, 0.15) is 6.04 Å². The Kier molecular flexibility index (Phi) is 9.14. The Balaban J connectivity index is 3.18. The van der Waals surface area contributed by atoms with Gasteiger partial charge >= 0.3 is 17.8 Å². The highest BCUT2D eigenvalue weighted by atomic mass is 16.4. The molecule has 4 atom stereocenters. The molecule has 2 unspecified atom stereocenters. The fourth-order valence-corrected chi connectivity index (χ4v) is 4.02. The lowest BCUT2D eigenvalue weighted by Gasteiger charge is -2.41. The quantitative estimate of drug-likeness (QED) is 0.227. The summed E-state index contributed by atoms with van der Waals surface area (Å²) in [4.78, 5) is 37.0. The molecule has 0 aromatic carbocycles. The molecule has 26 heavy (non-hydrogen) atoms. The van der Waals surface area contributed by atoms with Crippen molar-refractivity contribution in [1.82, 2.24) is 0 Å². The number of aliphatic carboxylic acids is 2. The normalized spacial score (nSPS) is 25.0. The number of carboxylic acid groups (broad SMARTS) is 2. The van der Waals surface area contributed by atoms with Crippen molar-refractivity contribution < 1.29 is 29.1 Å². The van der Waals surface area contributed by atoms with Crippen LogP contribution >= 0.6 is 0 Å². The largest absolute Gasteiger partial charge is 0.477 e. The minimum atomic E-state index is -1.15. The van der Waals surface area contributed by atoms with Crippen LogP contribution in [0.25, 0.3) is 0 Å². The standard InChI is InChI=1S/C17H32N4O5/c18-9-3-1-6-12(20)15(22)21(11-5-8-14(21)17(25)26)13(16(23)24)7-2-4-10-19/h12-14H,1-11,18-20H2,(H-,23,24,25,26)/p+1/t12-,13?,14-,21?/m0/s1. The van der Waals surface area contributed by atoms with E-state index in [1.807, 2.05) is 0 Å². The van der Waals surface area contributed by atoms with E-state index in [0.717, 1.165) is 0 Å². The van der Waals surface area contributed by atoms with Crippen molar-refractivity contribution in [3.63, 3.8) is 0 Å². The van der Waals surface area contributed by atoms with Crippen molar-refractivity contribution in [2.75, 3.05) is 19.6 Å². The van der Waals surface area contributed by atoms with Crippen LogP contribution in [-0.2, 0) is 14.4 Å². The van der Waals surface area contributed by atoms with Gasteiger partial charge in [0.05, 0.1) is 6.54 Å². The van der Waals surface area contributed by atoms with Gasteiger partial charge in [-0.25, -0.2) is 18.9 Å². The van der Waals surface area contributed by atoms with E-state index in [0.29, 0.717) is 51.6 Å². The summed E-state index contributed by atoms with van der Waals surface area (Å²) in [6, 6.07) is -3.07. The molecular weight excluding hydrogens is 340 g/mol. The first-order valence-corrected chi connectivity index (χ1v) is 9.36. The molecule has 1 aliphatic rings. The van der Waals surface area contributed by atoms with Crippen LogP contribution in [0.15, 0.2) is 0 Å². The number of hydrogen-bond donors (Lipinski definition) is 5. The second-order valence-electron chi connectivity index (χ2n) is 7.02. The summed E-state index contributed by atoms with van der Waals surface area (Å²) in [6.07, 6.45) is 3.84. The molecule has 9 heteroatoms. The number of nitrogens with two attached hydrogens (primary N) is 3. The summed E-state index contributed by atoms with van der Waals surface area (Å²) >= 11 is 0. The Labute approximate surface area is 154 Å². The first-order valence-electron chi connectivity index (χ1n) is 9.36. The predicted octanol–water partition coefficient (Wildman–Crippen LogP) is -0.385. The van der Waals surface area contributed by atoms with Crippen molar-refractivity contribution in [2.24, 2.45) is 17.2 Å². The van der Waals surface area contributed by atoms with E-state index in [2.05, 4.69) is 0 Å². The monoisotopic (exact) mass is 373 g/mol. The molecule has 0 saturated carbocycles. The molecular formula is C17H33N4O5+. The lowest BCUT2D eigenvalue weighted by Crippen LogP contribution is -2.69. The van der Waals surface area contributed by atoms with Gasteiger partial charge in [-0.3, -0.25) is 0 Å². The highest BCUT2D eigenvalue weighted by molar-refractivity contribution is 5.84. The van der Waals surface area contributed by atoms with Gasteiger partial charge in [-0.15, -0.1) is 0 Å². The van der Waals surface area contributed by atoms with E-state index in [1.165, 1.54) is 0 Å². The minimum Gasteiger partial charge on any atom is -0.477 e. The number of amides is 1. The Morgan fingerprint density at radius 3 is 2.08 bits per heavy atom. The number of nitrogens with zero attached hydrogens (tertiary/aromatic N) is 1. The van der Waals surface area contributed by atoms with Crippen LogP contribution in [0.3, 0.4) is 0 Å². The number of carboxylic acids is 2. The molecule has 1 heterocycles. The molecule has 1 fully saturated rings. The third-order valence-electron chi connectivity index (χ3n) is 5.32. The zero-order valence-electron chi connectivity index (χ0n) is 15.3. The Bertz CT molecular complexity index is 502. The van der Waals surface area contributed by atoms with E-state index in [4.69, 9.17) is 17.2 Å². The first-order chi connectivity index (χ1) is 12.3.